The van der Waals surface area contributed by atoms with Gasteiger partial charge in [0, 0.05) is 24.9 Å². The number of benzene rings is 2. The summed E-state index contributed by atoms with van der Waals surface area (Å²) >= 11 is 0. The van der Waals surface area contributed by atoms with Crippen molar-refractivity contribution in [2.45, 2.75) is 24.9 Å². The normalized spacial score (nSPS) is 21.2. The quantitative estimate of drug-likeness (QED) is 0.834. The first kappa shape index (κ1) is 15.2. The Hall–Kier alpha value is -2.19. The molecule has 1 heterocycles. The number of Topliss-reactive ketones (excluding diaryl/α,β-unsaturated/α-hetero) is 1. The molecule has 2 aromatic rings. The lowest BCUT2D eigenvalue weighted by atomic mass is 9.89. The highest BCUT2D eigenvalue weighted by Crippen LogP contribution is 2.30. The van der Waals surface area contributed by atoms with Crippen LogP contribution in [0.15, 0.2) is 73.8 Å². The minimum atomic E-state index is 0.132. The van der Waals surface area contributed by atoms with E-state index < -0.39 is 0 Å². The van der Waals surface area contributed by atoms with Gasteiger partial charge < -0.3 is 5.32 Å². The predicted molar refractivity (Wildman–Crippen MR) is 87.0 cm³/mol. The van der Waals surface area contributed by atoms with Crippen molar-refractivity contribution in [2.24, 2.45) is 0 Å². The van der Waals surface area contributed by atoms with Crippen LogP contribution < -0.4 is 5.32 Å². The molecule has 1 aliphatic rings. The van der Waals surface area contributed by atoms with E-state index in [1.807, 2.05) is 36.4 Å². The SMILES string of the molecule is C=C.O=C1CC(c2ccccc2)NC(c2ccccc2)C1. The summed E-state index contributed by atoms with van der Waals surface area (Å²) in [5.41, 5.74) is 2.38. The fourth-order valence-electron chi connectivity index (χ4n) is 2.70. The molecule has 1 fully saturated rings. The molecule has 3 rings (SSSR count). The van der Waals surface area contributed by atoms with Crippen LogP contribution in [0.5, 0.6) is 0 Å². The summed E-state index contributed by atoms with van der Waals surface area (Å²) in [7, 11) is 0. The molecule has 2 unspecified atom stereocenters. The molecule has 2 nitrogen and oxygen atoms in total. The van der Waals surface area contributed by atoms with Crippen molar-refractivity contribution in [1.82, 2.24) is 5.32 Å². The number of rotatable bonds is 2. The van der Waals surface area contributed by atoms with E-state index in [0.29, 0.717) is 18.6 Å². The maximum atomic E-state index is 12.0. The second-order valence-electron chi connectivity index (χ2n) is 5.04. The van der Waals surface area contributed by atoms with Crippen LogP contribution in [0.3, 0.4) is 0 Å². The molecule has 21 heavy (non-hydrogen) atoms. The third kappa shape index (κ3) is 3.89. The molecule has 1 aliphatic heterocycles. The summed E-state index contributed by atoms with van der Waals surface area (Å²) in [6.07, 6.45) is 1.18. The van der Waals surface area contributed by atoms with Crippen molar-refractivity contribution < 1.29 is 4.79 Å². The number of nitrogens with one attached hydrogen (secondary N) is 1. The zero-order valence-electron chi connectivity index (χ0n) is 12.2. The standard InChI is InChI=1S/C17H17NO.C2H4/c19-15-11-16(13-7-3-1-4-8-13)18-17(12-15)14-9-5-2-6-10-14;1-2/h1-10,16-18H,11-12H2;1-2H2. The van der Waals surface area contributed by atoms with Crippen LogP contribution in [0.4, 0.5) is 0 Å². The maximum Gasteiger partial charge on any atom is 0.136 e. The molecule has 0 spiro atoms. The van der Waals surface area contributed by atoms with Gasteiger partial charge in [-0.05, 0) is 11.1 Å². The van der Waals surface area contributed by atoms with Gasteiger partial charge in [0.05, 0.1) is 0 Å². The number of carbonyl (C=O) groups excluding carboxylic acids is 1. The van der Waals surface area contributed by atoms with E-state index >= 15 is 0 Å². The highest BCUT2D eigenvalue weighted by Gasteiger charge is 2.28. The van der Waals surface area contributed by atoms with Gasteiger partial charge in [-0.15, -0.1) is 13.2 Å². The van der Waals surface area contributed by atoms with Crippen LogP contribution in [-0.2, 0) is 4.79 Å². The van der Waals surface area contributed by atoms with Crippen molar-refractivity contribution in [2.75, 3.05) is 0 Å². The number of carbonyl (C=O) groups is 1. The second-order valence-corrected chi connectivity index (χ2v) is 5.04. The van der Waals surface area contributed by atoms with Gasteiger partial charge in [0.2, 0.25) is 0 Å². The average molecular weight is 279 g/mol. The summed E-state index contributed by atoms with van der Waals surface area (Å²) in [6, 6.07) is 20.7. The average Bonchev–Trinajstić information content (AvgIpc) is 2.58. The van der Waals surface area contributed by atoms with Gasteiger partial charge >= 0.3 is 0 Å². The molecule has 2 atom stereocenters. The lowest BCUT2D eigenvalue weighted by molar-refractivity contribution is -0.121. The highest BCUT2D eigenvalue weighted by molar-refractivity contribution is 5.81. The molecule has 0 radical (unpaired) electrons. The first-order chi connectivity index (χ1) is 10.3. The number of hydrogen-bond donors (Lipinski definition) is 1. The summed E-state index contributed by atoms with van der Waals surface area (Å²) in [6.45, 7) is 6.00. The Morgan fingerprint density at radius 1 is 0.762 bits per heavy atom. The highest BCUT2D eigenvalue weighted by atomic mass is 16.1. The lowest BCUT2D eigenvalue weighted by Crippen LogP contribution is -2.35. The van der Waals surface area contributed by atoms with Gasteiger partial charge in [-0.25, -0.2) is 0 Å². The van der Waals surface area contributed by atoms with Crippen molar-refractivity contribution in [3.63, 3.8) is 0 Å². The Labute approximate surface area is 126 Å². The second kappa shape index (κ2) is 7.55. The lowest BCUT2D eigenvalue weighted by Gasteiger charge is -2.30. The number of hydrogen-bond acceptors (Lipinski definition) is 2. The molecule has 2 aromatic carbocycles. The summed E-state index contributed by atoms with van der Waals surface area (Å²) in [5.74, 6) is 0.335. The Morgan fingerprint density at radius 2 is 1.14 bits per heavy atom. The van der Waals surface area contributed by atoms with Crippen LogP contribution >= 0.6 is 0 Å². The summed E-state index contributed by atoms with van der Waals surface area (Å²) in [4.78, 5) is 12.0. The van der Waals surface area contributed by atoms with Crippen LogP contribution in [0, 0.1) is 0 Å². The third-order valence-electron chi connectivity index (χ3n) is 3.67. The molecule has 0 aromatic heterocycles. The zero-order chi connectivity index (χ0) is 15.1. The molecule has 1 saturated heterocycles. The fraction of sp³-hybridized carbons (Fsp3) is 0.211. The van der Waals surface area contributed by atoms with E-state index in [1.165, 1.54) is 11.1 Å². The molecule has 1 N–H and O–H groups in total. The molecule has 0 bridgehead atoms. The smallest absolute Gasteiger partial charge is 0.136 e. The van der Waals surface area contributed by atoms with E-state index in [0.717, 1.165) is 0 Å². The van der Waals surface area contributed by atoms with Gasteiger partial charge in [-0.2, -0.15) is 0 Å². The molecule has 2 heteroatoms. The Bertz CT molecular complexity index is 515. The van der Waals surface area contributed by atoms with Gasteiger partial charge in [-0.1, -0.05) is 60.7 Å². The maximum absolute atomic E-state index is 12.0. The molecule has 0 amide bonds. The Kier molecular flexibility index (Phi) is 5.47. The molecular weight excluding hydrogens is 258 g/mol. The molecule has 0 saturated carbocycles. The van der Waals surface area contributed by atoms with E-state index in [-0.39, 0.29) is 12.1 Å². The van der Waals surface area contributed by atoms with E-state index in [2.05, 4.69) is 42.7 Å². The topological polar surface area (TPSA) is 29.1 Å². The van der Waals surface area contributed by atoms with E-state index in [1.54, 1.807) is 0 Å². The van der Waals surface area contributed by atoms with Gasteiger partial charge in [0.1, 0.15) is 5.78 Å². The Morgan fingerprint density at radius 3 is 1.52 bits per heavy atom. The van der Waals surface area contributed by atoms with Gasteiger partial charge in [0.15, 0.2) is 0 Å². The monoisotopic (exact) mass is 279 g/mol. The van der Waals surface area contributed by atoms with Gasteiger partial charge in [-0.3, -0.25) is 4.79 Å². The fourth-order valence-corrected chi connectivity index (χ4v) is 2.70. The van der Waals surface area contributed by atoms with Crippen molar-refractivity contribution in [3.05, 3.63) is 84.9 Å². The predicted octanol–water partition coefficient (Wildman–Crippen LogP) is 4.22. The largest absolute Gasteiger partial charge is 0.302 e. The summed E-state index contributed by atoms with van der Waals surface area (Å²) in [5, 5.41) is 3.60. The minimum Gasteiger partial charge on any atom is -0.302 e. The van der Waals surface area contributed by atoms with E-state index in [4.69, 9.17) is 0 Å². The Balaban J connectivity index is 0.000000774. The number of ketones is 1. The zero-order valence-corrected chi connectivity index (χ0v) is 12.2. The van der Waals surface area contributed by atoms with Crippen LogP contribution in [0.1, 0.15) is 36.1 Å². The molecular formula is C19H21NO. The van der Waals surface area contributed by atoms with Crippen molar-refractivity contribution in [1.29, 1.82) is 0 Å². The molecule has 108 valence electrons. The number of piperidine rings is 1. The van der Waals surface area contributed by atoms with Crippen LogP contribution in [0.25, 0.3) is 0 Å². The third-order valence-corrected chi connectivity index (χ3v) is 3.67. The van der Waals surface area contributed by atoms with Gasteiger partial charge in [0.25, 0.3) is 0 Å². The van der Waals surface area contributed by atoms with Crippen molar-refractivity contribution in [3.8, 4) is 0 Å². The molecule has 0 aliphatic carbocycles. The van der Waals surface area contributed by atoms with Crippen LogP contribution in [0.2, 0.25) is 0 Å². The van der Waals surface area contributed by atoms with Crippen LogP contribution in [-0.4, -0.2) is 5.78 Å². The summed E-state index contributed by atoms with van der Waals surface area (Å²) < 4.78 is 0. The van der Waals surface area contributed by atoms with E-state index in [9.17, 15) is 4.79 Å². The minimum absolute atomic E-state index is 0.132. The first-order valence-corrected chi connectivity index (χ1v) is 7.20. The first-order valence-electron chi connectivity index (χ1n) is 7.20. The van der Waals surface area contributed by atoms with Crippen molar-refractivity contribution >= 4 is 5.78 Å².